The maximum Gasteiger partial charge on any atom is 0.260 e. The average molecular weight is 273 g/mol. The highest BCUT2D eigenvalue weighted by molar-refractivity contribution is 5.77. The van der Waals surface area contributed by atoms with Crippen LogP contribution in [0.3, 0.4) is 0 Å². The zero-order valence-corrected chi connectivity index (χ0v) is 11.7. The van der Waals surface area contributed by atoms with E-state index in [1.54, 1.807) is 4.90 Å². The Balaban J connectivity index is 1.76. The molecule has 2 rings (SSSR count). The first-order valence-electron chi connectivity index (χ1n) is 6.80. The Bertz CT molecular complexity index is 476. The summed E-state index contributed by atoms with van der Waals surface area (Å²) >= 11 is 0. The van der Waals surface area contributed by atoms with Crippen molar-refractivity contribution in [2.45, 2.75) is 13.0 Å². The molecule has 1 aliphatic heterocycles. The first-order valence-corrected chi connectivity index (χ1v) is 6.80. The number of rotatable bonds is 4. The number of piperazine rings is 1. The lowest BCUT2D eigenvalue weighted by atomic mass is 10.2. The van der Waals surface area contributed by atoms with E-state index in [-0.39, 0.29) is 18.6 Å². The molecule has 0 aliphatic carbocycles. The molecule has 1 amide bonds. The van der Waals surface area contributed by atoms with E-state index in [4.69, 9.17) is 10.00 Å². The summed E-state index contributed by atoms with van der Waals surface area (Å²) < 4.78 is 5.46. The van der Waals surface area contributed by atoms with Crippen LogP contribution in [0.2, 0.25) is 0 Å². The van der Waals surface area contributed by atoms with Crippen LogP contribution in [0.5, 0.6) is 5.75 Å². The van der Waals surface area contributed by atoms with Gasteiger partial charge < -0.3 is 9.64 Å². The van der Waals surface area contributed by atoms with Crippen molar-refractivity contribution in [1.82, 2.24) is 9.80 Å². The number of ether oxygens (including phenoxy) is 1. The van der Waals surface area contributed by atoms with Gasteiger partial charge in [-0.15, -0.1) is 0 Å². The number of nitriles is 1. The van der Waals surface area contributed by atoms with Crippen molar-refractivity contribution < 1.29 is 9.53 Å². The van der Waals surface area contributed by atoms with Gasteiger partial charge in [0.05, 0.1) is 12.1 Å². The Morgan fingerprint density at radius 2 is 1.95 bits per heavy atom. The van der Waals surface area contributed by atoms with E-state index in [0.29, 0.717) is 18.8 Å². The van der Waals surface area contributed by atoms with Crippen molar-refractivity contribution in [1.29, 1.82) is 5.26 Å². The molecule has 5 heteroatoms. The molecule has 1 aliphatic rings. The van der Waals surface area contributed by atoms with E-state index >= 15 is 0 Å². The summed E-state index contributed by atoms with van der Waals surface area (Å²) in [5.41, 5.74) is 0. The lowest BCUT2D eigenvalue weighted by Crippen LogP contribution is -2.52. The molecule has 1 atom stereocenters. The second-order valence-corrected chi connectivity index (χ2v) is 4.82. The van der Waals surface area contributed by atoms with Crippen LogP contribution in [0, 0.1) is 11.3 Å². The second kappa shape index (κ2) is 6.92. The lowest BCUT2D eigenvalue weighted by molar-refractivity contribution is -0.135. The number of hydrogen-bond donors (Lipinski definition) is 0. The van der Waals surface area contributed by atoms with Crippen LogP contribution in [0.15, 0.2) is 30.3 Å². The Hall–Kier alpha value is -2.06. The van der Waals surface area contributed by atoms with Crippen LogP contribution < -0.4 is 4.74 Å². The zero-order chi connectivity index (χ0) is 14.4. The third kappa shape index (κ3) is 3.72. The van der Waals surface area contributed by atoms with Crippen molar-refractivity contribution in [3.8, 4) is 11.8 Å². The number of benzene rings is 1. The molecule has 0 saturated carbocycles. The number of carbonyl (C=O) groups excluding carboxylic acids is 1. The minimum atomic E-state index is -0.0900. The Morgan fingerprint density at radius 3 is 2.55 bits per heavy atom. The van der Waals surface area contributed by atoms with Crippen LogP contribution in [0.25, 0.3) is 0 Å². The van der Waals surface area contributed by atoms with Gasteiger partial charge >= 0.3 is 0 Å². The van der Waals surface area contributed by atoms with Crippen LogP contribution >= 0.6 is 0 Å². The van der Waals surface area contributed by atoms with Gasteiger partial charge in [0, 0.05) is 26.2 Å². The minimum absolute atomic E-state index is 0.00175. The number of carbonyl (C=O) groups is 1. The van der Waals surface area contributed by atoms with Crippen molar-refractivity contribution in [3.05, 3.63) is 30.3 Å². The van der Waals surface area contributed by atoms with Gasteiger partial charge in [0.2, 0.25) is 0 Å². The lowest BCUT2D eigenvalue weighted by Gasteiger charge is -2.35. The molecular weight excluding hydrogens is 254 g/mol. The summed E-state index contributed by atoms with van der Waals surface area (Å²) in [4.78, 5) is 15.9. The molecular formula is C15H19N3O2. The highest BCUT2D eigenvalue weighted by Gasteiger charge is 2.23. The molecule has 0 radical (unpaired) electrons. The molecule has 1 aromatic rings. The van der Waals surface area contributed by atoms with Crippen LogP contribution in [-0.2, 0) is 4.79 Å². The Kier molecular flexibility index (Phi) is 4.97. The summed E-state index contributed by atoms with van der Waals surface area (Å²) in [5.74, 6) is 0.704. The molecule has 0 N–H and O–H groups in total. The van der Waals surface area contributed by atoms with Gasteiger partial charge in [0.25, 0.3) is 5.91 Å². The van der Waals surface area contributed by atoms with Crippen molar-refractivity contribution in [3.63, 3.8) is 0 Å². The first kappa shape index (κ1) is 14.4. The summed E-state index contributed by atoms with van der Waals surface area (Å²) in [5, 5.41) is 8.88. The molecule has 1 heterocycles. The molecule has 0 aromatic heterocycles. The average Bonchev–Trinajstić information content (AvgIpc) is 2.53. The minimum Gasteiger partial charge on any atom is -0.484 e. The van der Waals surface area contributed by atoms with Gasteiger partial charge in [-0.2, -0.15) is 5.26 Å². The highest BCUT2D eigenvalue weighted by Crippen LogP contribution is 2.10. The third-order valence-electron chi connectivity index (χ3n) is 3.51. The molecule has 1 unspecified atom stereocenters. The van der Waals surface area contributed by atoms with Crippen LogP contribution in [0.4, 0.5) is 0 Å². The molecule has 106 valence electrons. The molecule has 0 spiro atoms. The van der Waals surface area contributed by atoms with Gasteiger partial charge in [-0.25, -0.2) is 0 Å². The maximum absolute atomic E-state index is 12.0. The SMILES string of the molecule is CC(C#N)N1CCN(C(=O)COc2ccccc2)CC1. The van der Waals surface area contributed by atoms with Gasteiger partial charge in [-0.1, -0.05) is 18.2 Å². The smallest absolute Gasteiger partial charge is 0.260 e. The summed E-state index contributed by atoms with van der Waals surface area (Å²) in [6.45, 7) is 4.75. The largest absolute Gasteiger partial charge is 0.484 e. The molecule has 1 saturated heterocycles. The molecule has 1 fully saturated rings. The van der Waals surface area contributed by atoms with Gasteiger partial charge in [0.15, 0.2) is 6.61 Å². The van der Waals surface area contributed by atoms with Gasteiger partial charge in [-0.3, -0.25) is 9.69 Å². The number of para-hydroxylation sites is 1. The maximum atomic E-state index is 12.0. The quantitative estimate of drug-likeness (QED) is 0.825. The normalized spacial score (nSPS) is 17.3. The summed E-state index contributed by atoms with van der Waals surface area (Å²) in [7, 11) is 0. The summed E-state index contributed by atoms with van der Waals surface area (Å²) in [6.07, 6.45) is 0. The Labute approximate surface area is 119 Å². The fourth-order valence-electron chi connectivity index (χ4n) is 2.19. The molecule has 5 nitrogen and oxygen atoms in total. The zero-order valence-electron chi connectivity index (χ0n) is 11.7. The summed E-state index contributed by atoms with van der Waals surface area (Å²) in [6, 6.07) is 11.5. The van der Waals surface area contributed by atoms with E-state index in [1.807, 2.05) is 37.3 Å². The fraction of sp³-hybridized carbons (Fsp3) is 0.467. The van der Waals surface area contributed by atoms with E-state index in [0.717, 1.165) is 13.1 Å². The Morgan fingerprint density at radius 1 is 1.30 bits per heavy atom. The molecule has 1 aromatic carbocycles. The van der Waals surface area contributed by atoms with E-state index < -0.39 is 0 Å². The highest BCUT2D eigenvalue weighted by atomic mass is 16.5. The monoisotopic (exact) mass is 273 g/mol. The van der Waals surface area contributed by atoms with Gasteiger partial charge in [0.1, 0.15) is 5.75 Å². The van der Waals surface area contributed by atoms with Crippen LogP contribution in [0.1, 0.15) is 6.92 Å². The van der Waals surface area contributed by atoms with E-state index in [9.17, 15) is 4.79 Å². The first-order chi connectivity index (χ1) is 9.70. The van der Waals surface area contributed by atoms with E-state index in [2.05, 4.69) is 11.0 Å². The third-order valence-corrected chi connectivity index (χ3v) is 3.51. The number of hydrogen-bond acceptors (Lipinski definition) is 4. The van der Waals surface area contributed by atoms with E-state index in [1.165, 1.54) is 0 Å². The topological polar surface area (TPSA) is 56.6 Å². The van der Waals surface area contributed by atoms with Crippen molar-refractivity contribution in [2.75, 3.05) is 32.8 Å². The fourth-order valence-corrected chi connectivity index (χ4v) is 2.19. The molecule has 0 bridgehead atoms. The predicted molar refractivity (Wildman–Crippen MR) is 75.2 cm³/mol. The predicted octanol–water partition coefficient (Wildman–Crippen LogP) is 1.12. The number of nitrogens with zero attached hydrogens (tertiary/aromatic N) is 3. The molecule has 20 heavy (non-hydrogen) atoms. The van der Waals surface area contributed by atoms with Gasteiger partial charge in [-0.05, 0) is 19.1 Å². The number of amides is 1. The van der Waals surface area contributed by atoms with Crippen molar-refractivity contribution >= 4 is 5.91 Å². The van der Waals surface area contributed by atoms with Crippen molar-refractivity contribution in [2.24, 2.45) is 0 Å². The van der Waals surface area contributed by atoms with Crippen LogP contribution in [-0.4, -0.2) is 54.5 Å². The standard InChI is InChI=1S/C15H19N3O2/c1-13(11-16)17-7-9-18(10-8-17)15(19)12-20-14-5-3-2-4-6-14/h2-6,13H,7-10,12H2,1H3. The second-order valence-electron chi connectivity index (χ2n) is 4.82.